The van der Waals surface area contributed by atoms with Gasteiger partial charge in [-0.1, -0.05) is 27.2 Å². The van der Waals surface area contributed by atoms with Gasteiger partial charge < -0.3 is 9.64 Å². The van der Waals surface area contributed by atoms with Crippen LogP contribution in [0.3, 0.4) is 0 Å². The van der Waals surface area contributed by atoms with E-state index in [1.807, 2.05) is 6.20 Å². The van der Waals surface area contributed by atoms with E-state index in [-0.39, 0.29) is 0 Å². The number of anilines is 1. The second-order valence-corrected chi connectivity index (χ2v) is 5.83. The number of hydrogen-bond acceptors (Lipinski definition) is 3. The average molecular weight is 246 g/mol. The van der Waals surface area contributed by atoms with Gasteiger partial charge in [-0.15, -0.1) is 0 Å². The van der Waals surface area contributed by atoms with Crippen molar-refractivity contribution in [1.82, 2.24) is 4.98 Å². The maximum Gasteiger partial charge on any atom is 0.172 e. The molecular formula is C15H22N2O. The Hall–Kier alpha value is -1.25. The highest BCUT2D eigenvalue weighted by atomic mass is 16.5. The Balaban J connectivity index is 1.98. The van der Waals surface area contributed by atoms with Crippen LogP contribution in [0.2, 0.25) is 0 Å². The highest BCUT2D eigenvalue weighted by Crippen LogP contribution is 2.42. The molecule has 0 aliphatic carbocycles. The van der Waals surface area contributed by atoms with Crippen LogP contribution in [-0.2, 0) is 0 Å². The van der Waals surface area contributed by atoms with Gasteiger partial charge in [0.05, 0.1) is 6.04 Å². The second-order valence-electron chi connectivity index (χ2n) is 5.83. The van der Waals surface area contributed by atoms with Gasteiger partial charge in [0.15, 0.2) is 11.6 Å². The number of ether oxygens (including phenoxy) is 1. The van der Waals surface area contributed by atoms with Crippen LogP contribution in [0.15, 0.2) is 12.3 Å². The van der Waals surface area contributed by atoms with Crippen molar-refractivity contribution in [2.45, 2.75) is 45.6 Å². The number of nitrogens with zero attached hydrogens (tertiary/aromatic N) is 2. The Morgan fingerprint density at radius 1 is 1.50 bits per heavy atom. The SMILES string of the molecule is CCC1CC2COc3c(C(C)C)ccnc3N2C1. The second kappa shape index (κ2) is 4.45. The first-order valence-corrected chi connectivity index (χ1v) is 7.09. The van der Waals surface area contributed by atoms with Gasteiger partial charge in [0.25, 0.3) is 0 Å². The fourth-order valence-corrected chi connectivity index (χ4v) is 3.17. The summed E-state index contributed by atoms with van der Waals surface area (Å²) in [5.74, 6) is 3.39. The molecule has 2 unspecified atom stereocenters. The average Bonchev–Trinajstić information content (AvgIpc) is 2.81. The topological polar surface area (TPSA) is 25.4 Å². The molecule has 1 aromatic heterocycles. The van der Waals surface area contributed by atoms with Crippen molar-refractivity contribution >= 4 is 5.82 Å². The summed E-state index contributed by atoms with van der Waals surface area (Å²) in [5.41, 5.74) is 1.29. The Bertz CT molecular complexity index is 444. The highest BCUT2D eigenvalue weighted by Gasteiger charge is 2.37. The smallest absolute Gasteiger partial charge is 0.172 e. The number of pyridine rings is 1. The van der Waals surface area contributed by atoms with E-state index in [0.29, 0.717) is 12.0 Å². The lowest BCUT2D eigenvalue weighted by Gasteiger charge is -2.33. The molecule has 1 fully saturated rings. The van der Waals surface area contributed by atoms with Crippen LogP contribution in [0.5, 0.6) is 5.75 Å². The van der Waals surface area contributed by atoms with Crippen LogP contribution in [0.4, 0.5) is 5.82 Å². The standard InChI is InChI=1S/C15H22N2O/c1-4-11-7-12-9-18-14-13(10(2)3)5-6-16-15(14)17(12)8-11/h5-6,10-12H,4,7-9H2,1-3H3. The van der Waals surface area contributed by atoms with Gasteiger partial charge in [0.2, 0.25) is 0 Å². The molecule has 2 aliphatic rings. The molecule has 3 heteroatoms. The number of hydrogen-bond donors (Lipinski definition) is 0. The highest BCUT2D eigenvalue weighted by molar-refractivity contribution is 5.60. The molecule has 3 heterocycles. The Morgan fingerprint density at radius 3 is 3.06 bits per heavy atom. The summed E-state index contributed by atoms with van der Waals surface area (Å²) < 4.78 is 6.02. The summed E-state index contributed by atoms with van der Waals surface area (Å²) in [6, 6.07) is 2.63. The summed E-state index contributed by atoms with van der Waals surface area (Å²) in [6.45, 7) is 8.68. The molecule has 3 rings (SSSR count). The molecular weight excluding hydrogens is 224 g/mol. The first kappa shape index (κ1) is 11.8. The molecule has 0 spiro atoms. The molecule has 2 aliphatic heterocycles. The maximum atomic E-state index is 6.02. The largest absolute Gasteiger partial charge is 0.487 e. The van der Waals surface area contributed by atoms with Crippen molar-refractivity contribution in [3.8, 4) is 5.75 Å². The lowest BCUT2D eigenvalue weighted by molar-refractivity contribution is 0.263. The van der Waals surface area contributed by atoms with Gasteiger partial charge in [-0.3, -0.25) is 0 Å². The fraction of sp³-hybridized carbons (Fsp3) is 0.667. The first-order chi connectivity index (χ1) is 8.70. The molecule has 0 saturated carbocycles. The van der Waals surface area contributed by atoms with Crippen molar-refractivity contribution < 1.29 is 4.74 Å². The van der Waals surface area contributed by atoms with E-state index in [9.17, 15) is 0 Å². The van der Waals surface area contributed by atoms with Crippen molar-refractivity contribution in [3.63, 3.8) is 0 Å². The molecule has 0 aromatic carbocycles. The van der Waals surface area contributed by atoms with Crippen molar-refractivity contribution in [2.75, 3.05) is 18.1 Å². The maximum absolute atomic E-state index is 6.02. The van der Waals surface area contributed by atoms with Gasteiger partial charge >= 0.3 is 0 Å². The van der Waals surface area contributed by atoms with Gasteiger partial charge in [-0.2, -0.15) is 0 Å². The molecule has 0 bridgehead atoms. The third-order valence-corrected chi connectivity index (χ3v) is 4.31. The zero-order valence-corrected chi connectivity index (χ0v) is 11.5. The predicted octanol–water partition coefficient (Wildman–Crippen LogP) is 3.20. The zero-order chi connectivity index (χ0) is 12.7. The summed E-state index contributed by atoms with van der Waals surface area (Å²) >= 11 is 0. The van der Waals surface area contributed by atoms with Crippen molar-refractivity contribution in [1.29, 1.82) is 0 Å². The van der Waals surface area contributed by atoms with Gasteiger partial charge in [0, 0.05) is 18.3 Å². The Labute approximate surface area is 109 Å². The number of rotatable bonds is 2. The van der Waals surface area contributed by atoms with Crippen LogP contribution in [0.25, 0.3) is 0 Å². The monoisotopic (exact) mass is 246 g/mol. The number of fused-ring (bicyclic) bond motifs is 3. The Morgan fingerprint density at radius 2 is 2.33 bits per heavy atom. The van der Waals surface area contributed by atoms with Crippen LogP contribution >= 0.6 is 0 Å². The van der Waals surface area contributed by atoms with E-state index in [2.05, 4.69) is 36.7 Å². The van der Waals surface area contributed by atoms with Crippen molar-refractivity contribution in [3.05, 3.63) is 17.8 Å². The van der Waals surface area contributed by atoms with Gasteiger partial charge in [-0.05, 0) is 24.3 Å². The minimum absolute atomic E-state index is 0.489. The van der Waals surface area contributed by atoms with Crippen molar-refractivity contribution in [2.24, 2.45) is 5.92 Å². The summed E-state index contributed by atoms with van der Waals surface area (Å²) in [5, 5.41) is 0. The van der Waals surface area contributed by atoms with Gasteiger partial charge in [0.1, 0.15) is 6.61 Å². The van der Waals surface area contributed by atoms with Crippen LogP contribution < -0.4 is 9.64 Å². The minimum Gasteiger partial charge on any atom is -0.487 e. The zero-order valence-electron chi connectivity index (χ0n) is 11.5. The molecule has 18 heavy (non-hydrogen) atoms. The Kier molecular flexibility index (Phi) is 2.92. The number of aromatic nitrogens is 1. The molecule has 3 nitrogen and oxygen atoms in total. The molecule has 0 radical (unpaired) electrons. The molecule has 1 aromatic rings. The van der Waals surface area contributed by atoms with E-state index in [1.54, 1.807) is 0 Å². The molecule has 0 N–H and O–H groups in total. The summed E-state index contributed by atoms with van der Waals surface area (Å²) in [4.78, 5) is 7.05. The molecule has 0 amide bonds. The lowest BCUT2D eigenvalue weighted by Crippen LogP contribution is -2.39. The quantitative estimate of drug-likeness (QED) is 0.801. The molecule has 98 valence electrons. The van der Waals surface area contributed by atoms with E-state index in [1.165, 1.54) is 18.4 Å². The third kappa shape index (κ3) is 1.76. The minimum atomic E-state index is 0.489. The first-order valence-electron chi connectivity index (χ1n) is 7.09. The molecule has 1 saturated heterocycles. The van der Waals surface area contributed by atoms with E-state index >= 15 is 0 Å². The predicted molar refractivity (Wildman–Crippen MR) is 73.4 cm³/mol. The normalized spacial score (nSPS) is 25.9. The molecule has 2 atom stereocenters. The van der Waals surface area contributed by atoms with Gasteiger partial charge in [-0.25, -0.2) is 4.98 Å². The lowest BCUT2D eigenvalue weighted by atomic mass is 10.0. The van der Waals surface area contributed by atoms with E-state index < -0.39 is 0 Å². The third-order valence-electron chi connectivity index (χ3n) is 4.31. The van der Waals surface area contributed by atoms with Crippen LogP contribution in [0, 0.1) is 5.92 Å². The van der Waals surface area contributed by atoms with E-state index in [4.69, 9.17) is 4.74 Å². The van der Waals surface area contributed by atoms with E-state index in [0.717, 1.165) is 30.6 Å². The summed E-state index contributed by atoms with van der Waals surface area (Å²) in [6.07, 6.45) is 4.44. The fourth-order valence-electron chi connectivity index (χ4n) is 3.17. The van der Waals surface area contributed by atoms with Crippen LogP contribution in [-0.4, -0.2) is 24.2 Å². The van der Waals surface area contributed by atoms with Crippen LogP contribution in [0.1, 0.15) is 45.1 Å². The summed E-state index contributed by atoms with van der Waals surface area (Å²) in [7, 11) is 0.